The van der Waals surface area contributed by atoms with Gasteiger partial charge in [0.25, 0.3) is 23.6 Å². The van der Waals surface area contributed by atoms with Crippen molar-refractivity contribution in [3.63, 3.8) is 0 Å². The number of nitrogens with zero attached hydrogens (tertiary/aromatic N) is 4. The summed E-state index contributed by atoms with van der Waals surface area (Å²) >= 11 is 22.0. The van der Waals surface area contributed by atoms with E-state index in [0.29, 0.717) is 84.0 Å². The third-order valence-corrected chi connectivity index (χ3v) is 41.6. The molecule has 13 aromatic rings. The Morgan fingerprint density at radius 3 is 0.821 bits per heavy atom. The lowest BCUT2D eigenvalue weighted by Crippen LogP contribution is -2.34. The predicted molar refractivity (Wildman–Crippen MR) is 594 cm³/mol. The van der Waals surface area contributed by atoms with Crippen LogP contribution < -0.4 is 0 Å². The molecule has 0 saturated heterocycles. The first-order chi connectivity index (χ1) is 65.5. The van der Waals surface area contributed by atoms with E-state index in [2.05, 4.69) is 239 Å². The van der Waals surface area contributed by atoms with Gasteiger partial charge in [0, 0.05) is 136 Å². The molecule has 4 amide bonds. The highest BCUT2D eigenvalue weighted by molar-refractivity contribution is 7.30. The zero-order valence-electron chi connectivity index (χ0n) is 80.2. The molecule has 0 N–H and O–H groups in total. The van der Waals surface area contributed by atoms with Crippen molar-refractivity contribution in [3.05, 3.63) is 215 Å². The van der Waals surface area contributed by atoms with Crippen molar-refractivity contribution < 1.29 is 19.2 Å². The highest BCUT2D eigenvalue weighted by atomic mass is 32.1. The fourth-order valence-electron chi connectivity index (χ4n) is 20.1. The molecule has 20 heteroatoms. The van der Waals surface area contributed by atoms with E-state index < -0.39 is 0 Å². The quantitative estimate of drug-likeness (QED) is 0.0380. The zero-order chi connectivity index (χ0) is 93.2. The standard InChI is InChI=1S/C114H130N4O4S12/c1-13-25-33-71(19-7)63-81-49-53-89(129-81)97-65-83-99(91-55-47-79(127-91)43-41-77-45-51-85(125-77)87-57-59-95(131-87)107-103-101(111(119)117(107)69-75(23-11)37-29-17-5)105(93-39-31-61-123-93)115(113(103)121)67-73(21-9)35-27-15-3)110-84(66-98(134-110)90-54-50-82(130-90)64-72(20-8)34-26-14-2)100(109(83)133-97)92-56-48-80(128-92)44-42-78-46-52-86(126-78)88-58-60-96(132-88)108-104-102(112(120)118(108)70-76(24-12)38-30-18-6)106(94-40-32-62-124-94)116(114(104)122)68-74(22-10)36-28-16-4/h31-32,39-62,65-66,71-76H,13-30,33-38,63-64,67-70H2,1-12H3/b43-41+,44-42+. The highest BCUT2D eigenvalue weighted by Gasteiger charge is 2.52. The fourth-order valence-corrected chi connectivity index (χ4v) is 32.7. The van der Waals surface area contributed by atoms with Crippen molar-refractivity contribution in [1.82, 2.24) is 19.6 Å². The number of fused-ring (bicyclic) bond motifs is 4. The van der Waals surface area contributed by atoms with E-state index in [4.69, 9.17) is 0 Å². The first-order valence-electron chi connectivity index (χ1n) is 50.0. The minimum absolute atomic E-state index is 0.0307. The Labute approximate surface area is 844 Å². The van der Waals surface area contributed by atoms with Gasteiger partial charge in [0.05, 0.1) is 64.6 Å². The minimum Gasteiger partial charge on any atom is -0.306 e. The van der Waals surface area contributed by atoms with Gasteiger partial charge >= 0.3 is 0 Å². The second kappa shape index (κ2) is 45.6. The van der Waals surface area contributed by atoms with Crippen molar-refractivity contribution in [2.45, 2.75) is 250 Å². The number of hydrogen-bond acceptors (Lipinski definition) is 16. The molecule has 0 saturated carbocycles. The molecule has 12 aromatic heterocycles. The van der Waals surface area contributed by atoms with Crippen LogP contribution in [0.25, 0.3) is 127 Å². The van der Waals surface area contributed by atoms with Crippen molar-refractivity contribution in [2.75, 3.05) is 26.2 Å². The molecule has 6 unspecified atom stereocenters. The van der Waals surface area contributed by atoms with Crippen LogP contribution in [0.3, 0.4) is 0 Å². The summed E-state index contributed by atoms with van der Waals surface area (Å²) in [6.07, 6.45) is 38.4. The van der Waals surface area contributed by atoms with Crippen LogP contribution in [-0.4, -0.2) is 69.4 Å². The molecule has 16 heterocycles. The van der Waals surface area contributed by atoms with Gasteiger partial charge < -0.3 is 19.6 Å². The van der Waals surface area contributed by atoms with E-state index in [1.54, 1.807) is 68.0 Å². The van der Waals surface area contributed by atoms with Crippen molar-refractivity contribution in [1.29, 1.82) is 0 Å². The normalized spacial score (nSPS) is 15.9. The summed E-state index contributed by atoms with van der Waals surface area (Å²) in [7, 11) is 0. The van der Waals surface area contributed by atoms with Crippen LogP contribution in [-0.2, 0) is 32.0 Å². The number of hydrogen-bond donors (Lipinski definition) is 0. The second-order valence-electron chi connectivity index (χ2n) is 37.2. The average molecular weight is 2010 g/mol. The SMILES string of the molecule is CCCCC(CC)Cc1ccc(-c2cc3c(-c4ccc(/C=C/c5ccc(-c6ccc(C7=C8C(=O)N(CC(CC)CCCC)C(c9cccs9)=C8C(=O)N7CC(CC)CCCC)s6)s5)s4)c4sc(-c5ccc(CC(CC)CCCC)s5)cc4c(-c4ccc(/C=C/c5ccc(-c6ccc(C7=C8C(=O)N(CC(CC)CCCC)C(c9cccs9)=C8C(=O)N7CC(CC)CCCC)s6)s5)s4)c3s2)s1. The van der Waals surface area contributed by atoms with Crippen LogP contribution in [0.15, 0.2) is 167 Å². The third kappa shape index (κ3) is 21.0. The molecule has 702 valence electrons. The van der Waals surface area contributed by atoms with Crippen LogP contribution in [0.5, 0.6) is 0 Å². The molecule has 1 aromatic carbocycles. The molecule has 0 radical (unpaired) electrons. The molecule has 0 spiro atoms. The smallest absolute Gasteiger partial charge is 0.261 e. The fraction of sp³-hybridized carbons (Fsp3) is 0.421. The van der Waals surface area contributed by atoms with Crippen molar-refractivity contribution in [3.8, 4) is 59.9 Å². The maximum atomic E-state index is 15.4. The monoisotopic (exact) mass is 2000 g/mol. The first-order valence-corrected chi connectivity index (χ1v) is 60.0. The lowest BCUT2D eigenvalue weighted by molar-refractivity contribution is -0.124. The number of thiophene rings is 12. The second-order valence-corrected chi connectivity index (χ2v) is 50.2. The predicted octanol–water partition coefficient (Wildman–Crippen LogP) is 37.1. The van der Waals surface area contributed by atoms with E-state index in [9.17, 15) is 0 Å². The summed E-state index contributed by atoms with van der Waals surface area (Å²) in [5, 5.41) is 6.76. The van der Waals surface area contributed by atoms with Gasteiger partial charge in [-0.25, -0.2) is 0 Å². The van der Waals surface area contributed by atoms with Crippen LogP contribution in [0.1, 0.15) is 286 Å². The van der Waals surface area contributed by atoms with Crippen LogP contribution in [0, 0.1) is 35.5 Å². The molecule has 4 aliphatic heterocycles. The number of unbranched alkanes of at least 4 members (excludes halogenated alkanes) is 6. The van der Waals surface area contributed by atoms with E-state index in [0.717, 1.165) is 168 Å². The molecular weight excluding hydrogens is 1870 g/mol. The lowest BCUT2D eigenvalue weighted by atomic mass is 9.95. The summed E-state index contributed by atoms with van der Waals surface area (Å²) in [5.74, 6) is 2.56. The number of benzene rings is 1. The Bertz CT molecular complexity index is 6020. The molecule has 0 fully saturated rings. The van der Waals surface area contributed by atoms with Crippen molar-refractivity contribution >= 4 is 227 Å². The minimum atomic E-state index is -0.0307. The number of carbonyl (C=O) groups is 4. The van der Waals surface area contributed by atoms with Crippen LogP contribution in [0.4, 0.5) is 0 Å². The molecule has 4 aliphatic rings. The van der Waals surface area contributed by atoms with Gasteiger partial charge in [0.1, 0.15) is 0 Å². The molecule has 0 bridgehead atoms. The average Bonchev–Trinajstić information content (AvgIpc) is 1.66. The third-order valence-electron chi connectivity index (χ3n) is 28.1. The number of rotatable bonds is 50. The van der Waals surface area contributed by atoms with Gasteiger partial charge in [-0.15, -0.1) is 136 Å². The summed E-state index contributed by atoms with van der Waals surface area (Å²) in [6, 6.07) is 50.3. The van der Waals surface area contributed by atoms with Gasteiger partial charge in [0.2, 0.25) is 0 Å². The molecule has 134 heavy (non-hydrogen) atoms. The van der Waals surface area contributed by atoms with Crippen LogP contribution in [0.2, 0.25) is 0 Å². The Morgan fingerprint density at radius 1 is 0.261 bits per heavy atom. The topological polar surface area (TPSA) is 81.2 Å². The number of carbonyl (C=O) groups excluding carboxylic acids is 4. The maximum absolute atomic E-state index is 15.4. The molecule has 8 nitrogen and oxygen atoms in total. The zero-order valence-corrected chi connectivity index (χ0v) is 90.0. The van der Waals surface area contributed by atoms with Gasteiger partial charge in [0.15, 0.2) is 0 Å². The Balaban J connectivity index is 0.710. The van der Waals surface area contributed by atoms with Gasteiger partial charge in [-0.3, -0.25) is 19.2 Å². The summed E-state index contributed by atoms with van der Waals surface area (Å²) in [5.41, 5.74) is 8.20. The lowest BCUT2D eigenvalue weighted by Gasteiger charge is -2.29. The maximum Gasteiger partial charge on any atom is 0.261 e. The molecule has 17 rings (SSSR count). The summed E-state index contributed by atoms with van der Waals surface area (Å²) < 4.78 is 2.66. The van der Waals surface area contributed by atoms with E-state index in [-0.39, 0.29) is 23.6 Å². The molecule has 6 atom stereocenters. The highest BCUT2D eigenvalue weighted by Crippen LogP contribution is 2.58. The first kappa shape index (κ1) is 98.1. The Hall–Kier alpha value is -7.54. The van der Waals surface area contributed by atoms with E-state index >= 15 is 19.2 Å². The van der Waals surface area contributed by atoms with E-state index in [1.807, 2.05) is 99.8 Å². The van der Waals surface area contributed by atoms with Gasteiger partial charge in [-0.1, -0.05) is 224 Å². The summed E-state index contributed by atoms with van der Waals surface area (Å²) in [4.78, 5) is 93.8. The molecule has 0 aliphatic carbocycles. The van der Waals surface area contributed by atoms with Gasteiger partial charge in [-0.05, 0) is 230 Å². The molecular formula is C114H130N4O4S12. The largest absolute Gasteiger partial charge is 0.306 e. The van der Waals surface area contributed by atoms with Gasteiger partial charge in [-0.2, -0.15) is 0 Å². The van der Waals surface area contributed by atoms with Crippen molar-refractivity contribution in [2.24, 2.45) is 35.5 Å². The Morgan fingerprint density at radius 2 is 0.522 bits per heavy atom. The van der Waals surface area contributed by atoms with Crippen LogP contribution >= 0.6 is 136 Å². The summed E-state index contributed by atoms with van der Waals surface area (Å²) in [6.45, 7) is 29.7. The number of amides is 4. The Kier molecular flexibility index (Phi) is 33.4. The van der Waals surface area contributed by atoms with E-state index in [1.165, 1.54) is 151 Å².